The van der Waals surface area contributed by atoms with Crippen molar-refractivity contribution in [3.05, 3.63) is 77.2 Å². The first-order valence-corrected chi connectivity index (χ1v) is 11.5. The smallest absolute Gasteiger partial charge is 0.296 e. The molecular formula is C25H22N6O5. The number of Topliss-reactive ketones (excluding diaryl/α,β-unsaturated/α-hetero) is 1. The van der Waals surface area contributed by atoms with Gasteiger partial charge >= 0.3 is 0 Å². The maximum absolute atomic E-state index is 13.5. The lowest BCUT2D eigenvalue weighted by Gasteiger charge is -2.30. The van der Waals surface area contributed by atoms with Crippen LogP contribution >= 0.6 is 0 Å². The van der Waals surface area contributed by atoms with E-state index in [2.05, 4.69) is 15.0 Å². The summed E-state index contributed by atoms with van der Waals surface area (Å²) in [4.78, 5) is 46.9. The second-order valence-electron chi connectivity index (χ2n) is 8.54. The number of morpholine rings is 1. The molecule has 5 heterocycles. The van der Waals surface area contributed by atoms with Crippen molar-refractivity contribution < 1.29 is 23.8 Å². The number of aromatic nitrogens is 4. The number of hydrogen-bond donors (Lipinski definition) is 2. The number of ketones is 1. The normalized spacial score (nSPS) is 18.5. The molecule has 6 rings (SSSR count). The number of hydrogen-bond acceptors (Lipinski definition) is 9. The Kier molecular flexibility index (Phi) is 5.26. The summed E-state index contributed by atoms with van der Waals surface area (Å²) in [5.74, 6) is -0.865. The summed E-state index contributed by atoms with van der Waals surface area (Å²) in [6.07, 6.45) is 1.51. The number of amides is 1. The Morgan fingerprint density at radius 2 is 1.89 bits per heavy atom. The zero-order valence-electron chi connectivity index (χ0n) is 19.3. The van der Waals surface area contributed by atoms with Crippen molar-refractivity contribution in [1.29, 1.82) is 0 Å². The highest BCUT2D eigenvalue weighted by molar-refractivity contribution is 6.19. The lowest BCUT2D eigenvalue weighted by atomic mass is 9.95. The number of imidazole rings is 1. The molecule has 0 radical (unpaired) electrons. The third kappa shape index (κ3) is 3.52. The third-order valence-corrected chi connectivity index (χ3v) is 6.31. The molecule has 36 heavy (non-hydrogen) atoms. The van der Waals surface area contributed by atoms with Gasteiger partial charge in [-0.25, -0.2) is 4.98 Å². The van der Waals surface area contributed by atoms with Gasteiger partial charge in [-0.05, 0) is 24.6 Å². The van der Waals surface area contributed by atoms with Crippen LogP contribution in [-0.4, -0.2) is 63.0 Å². The van der Waals surface area contributed by atoms with E-state index in [-0.39, 0.29) is 17.3 Å². The van der Waals surface area contributed by atoms with Crippen LogP contribution in [0.5, 0.6) is 0 Å². The SMILES string of the molecule is Cc1ccc(C(=O)C2=C(O)C(=O)N(c3nc(N4CCOCC4)c4[nH]cnc4n3)C2c2ccccc2)o1. The minimum atomic E-state index is -0.967. The average Bonchev–Trinajstić information content (AvgIpc) is 3.62. The molecule has 1 amide bonds. The number of carbonyl (C=O) groups is 2. The van der Waals surface area contributed by atoms with Gasteiger partial charge in [0.25, 0.3) is 5.91 Å². The van der Waals surface area contributed by atoms with Gasteiger partial charge in [-0.2, -0.15) is 9.97 Å². The van der Waals surface area contributed by atoms with Crippen molar-refractivity contribution in [1.82, 2.24) is 19.9 Å². The van der Waals surface area contributed by atoms with Crippen LogP contribution in [0.4, 0.5) is 11.8 Å². The topological polar surface area (TPSA) is 138 Å². The molecule has 2 N–H and O–H groups in total. The zero-order valence-corrected chi connectivity index (χ0v) is 19.3. The molecular weight excluding hydrogens is 464 g/mol. The predicted molar refractivity (Wildman–Crippen MR) is 129 cm³/mol. The summed E-state index contributed by atoms with van der Waals surface area (Å²) in [5, 5.41) is 11.0. The van der Waals surface area contributed by atoms with Crippen LogP contribution in [0, 0.1) is 6.92 Å². The van der Waals surface area contributed by atoms with E-state index in [0.29, 0.717) is 54.6 Å². The van der Waals surface area contributed by atoms with Gasteiger partial charge in [-0.15, -0.1) is 0 Å². The fourth-order valence-corrected chi connectivity index (χ4v) is 4.60. The van der Waals surface area contributed by atoms with Gasteiger partial charge in [-0.3, -0.25) is 14.5 Å². The van der Waals surface area contributed by atoms with E-state index in [1.54, 1.807) is 37.3 Å². The predicted octanol–water partition coefficient (Wildman–Crippen LogP) is 2.87. The quantitative estimate of drug-likeness (QED) is 0.408. The van der Waals surface area contributed by atoms with Gasteiger partial charge in [0, 0.05) is 13.1 Å². The van der Waals surface area contributed by atoms with Crippen LogP contribution in [0.15, 0.2) is 64.5 Å². The number of aromatic amines is 1. The molecule has 1 unspecified atom stereocenters. The van der Waals surface area contributed by atoms with Crippen molar-refractivity contribution in [2.45, 2.75) is 13.0 Å². The van der Waals surface area contributed by atoms with E-state index >= 15 is 0 Å². The Hall–Kier alpha value is -4.51. The van der Waals surface area contributed by atoms with Crippen molar-refractivity contribution in [2.24, 2.45) is 0 Å². The number of benzene rings is 1. The van der Waals surface area contributed by atoms with Crippen molar-refractivity contribution in [3.63, 3.8) is 0 Å². The fraction of sp³-hybridized carbons (Fsp3) is 0.240. The highest BCUT2D eigenvalue weighted by Gasteiger charge is 2.47. The van der Waals surface area contributed by atoms with Crippen molar-refractivity contribution in [3.8, 4) is 0 Å². The first-order chi connectivity index (χ1) is 17.5. The maximum Gasteiger partial charge on any atom is 0.296 e. The molecule has 11 heteroatoms. The number of carbonyl (C=O) groups excluding carboxylic acids is 2. The molecule has 1 fully saturated rings. The molecule has 1 saturated heterocycles. The molecule has 2 aliphatic heterocycles. The zero-order chi connectivity index (χ0) is 24.8. The molecule has 0 aliphatic carbocycles. The third-order valence-electron chi connectivity index (χ3n) is 6.31. The first kappa shape index (κ1) is 22.0. The Morgan fingerprint density at radius 3 is 2.61 bits per heavy atom. The lowest BCUT2D eigenvalue weighted by Crippen LogP contribution is -2.38. The maximum atomic E-state index is 13.5. The summed E-state index contributed by atoms with van der Waals surface area (Å²) in [6, 6.07) is 11.2. The number of aliphatic hydroxyl groups excluding tert-OH is 1. The summed E-state index contributed by atoms with van der Waals surface area (Å²) in [5.41, 5.74) is 1.50. The minimum Gasteiger partial charge on any atom is -0.503 e. The Bertz CT molecular complexity index is 1500. The van der Waals surface area contributed by atoms with Crippen LogP contribution in [0.1, 0.15) is 27.9 Å². The van der Waals surface area contributed by atoms with Gasteiger partial charge in [0.1, 0.15) is 11.3 Å². The number of furan rings is 1. The molecule has 1 atom stereocenters. The number of ether oxygens (including phenoxy) is 1. The molecule has 1 aromatic carbocycles. The molecule has 0 spiro atoms. The Balaban J connectivity index is 1.51. The second-order valence-corrected chi connectivity index (χ2v) is 8.54. The van der Waals surface area contributed by atoms with Gasteiger partial charge in [0.15, 0.2) is 23.0 Å². The van der Waals surface area contributed by atoms with Crippen molar-refractivity contribution >= 4 is 34.6 Å². The van der Waals surface area contributed by atoms with Crippen LogP contribution in [0.3, 0.4) is 0 Å². The minimum absolute atomic E-state index is 0.0277. The van der Waals surface area contributed by atoms with Crippen LogP contribution < -0.4 is 9.80 Å². The van der Waals surface area contributed by atoms with Crippen molar-refractivity contribution in [2.75, 3.05) is 36.1 Å². The van der Waals surface area contributed by atoms with E-state index < -0.39 is 23.5 Å². The van der Waals surface area contributed by atoms with Crippen LogP contribution in [-0.2, 0) is 9.53 Å². The van der Waals surface area contributed by atoms with Crippen LogP contribution in [0.2, 0.25) is 0 Å². The summed E-state index contributed by atoms with van der Waals surface area (Å²) >= 11 is 0. The fourth-order valence-electron chi connectivity index (χ4n) is 4.60. The number of rotatable bonds is 5. The lowest BCUT2D eigenvalue weighted by molar-refractivity contribution is -0.117. The largest absolute Gasteiger partial charge is 0.503 e. The number of nitrogens with one attached hydrogen (secondary N) is 1. The second kappa shape index (κ2) is 8.61. The number of fused-ring (bicyclic) bond motifs is 1. The number of H-pyrrole nitrogens is 1. The van der Waals surface area contributed by atoms with E-state index in [1.807, 2.05) is 11.0 Å². The molecule has 0 bridgehead atoms. The van der Waals surface area contributed by atoms with Gasteiger partial charge in [0.2, 0.25) is 11.7 Å². The number of aryl methyl sites for hydroxylation is 1. The van der Waals surface area contributed by atoms with E-state index in [1.165, 1.54) is 17.3 Å². The van der Waals surface area contributed by atoms with Gasteiger partial charge < -0.3 is 24.1 Å². The highest BCUT2D eigenvalue weighted by Crippen LogP contribution is 2.41. The van der Waals surface area contributed by atoms with Gasteiger partial charge in [0.05, 0.1) is 31.2 Å². The summed E-state index contributed by atoms with van der Waals surface area (Å²) in [6.45, 7) is 3.99. The molecule has 182 valence electrons. The van der Waals surface area contributed by atoms with E-state index in [0.717, 1.165) is 0 Å². The Morgan fingerprint density at radius 1 is 1.11 bits per heavy atom. The number of anilines is 2. The monoisotopic (exact) mass is 486 g/mol. The number of aliphatic hydroxyl groups is 1. The van der Waals surface area contributed by atoms with Gasteiger partial charge in [-0.1, -0.05) is 30.3 Å². The molecule has 3 aromatic heterocycles. The summed E-state index contributed by atoms with van der Waals surface area (Å²) < 4.78 is 11.0. The standard InChI is InChI=1S/C25H22N6O5/c1-14-7-8-16(36-14)20(32)17-19(15-5-3-2-4-6-15)31(24(34)21(17)33)25-28-22-18(26-13-27-22)23(29-25)30-9-11-35-12-10-30/h2-8,13,19,33H,9-12H2,1H3,(H,26,27,28,29). The van der Waals surface area contributed by atoms with Crippen LogP contribution in [0.25, 0.3) is 11.2 Å². The number of nitrogens with zero attached hydrogens (tertiary/aromatic N) is 5. The van der Waals surface area contributed by atoms with E-state index in [4.69, 9.17) is 14.1 Å². The Labute approximate surface area is 205 Å². The van der Waals surface area contributed by atoms with E-state index in [9.17, 15) is 14.7 Å². The highest BCUT2D eigenvalue weighted by atomic mass is 16.5. The molecule has 11 nitrogen and oxygen atoms in total. The first-order valence-electron chi connectivity index (χ1n) is 11.5. The molecule has 4 aromatic rings. The average molecular weight is 486 g/mol. The molecule has 0 saturated carbocycles. The summed E-state index contributed by atoms with van der Waals surface area (Å²) in [7, 11) is 0. The molecule has 2 aliphatic rings.